The SMILES string of the molecule is CN(C)c1ccc(NC(=O)Nc2ccc(Cl)cc2)cc1C(=O)N1CCCC1. The first-order valence-electron chi connectivity index (χ1n) is 8.88. The van der Waals surface area contributed by atoms with Gasteiger partial charge in [-0.15, -0.1) is 0 Å². The topological polar surface area (TPSA) is 64.7 Å². The Morgan fingerprint density at radius 1 is 0.963 bits per heavy atom. The number of hydrogen-bond acceptors (Lipinski definition) is 3. The monoisotopic (exact) mass is 386 g/mol. The van der Waals surface area contributed by atoms with E-state index in [0.717, 1.165) is 31.6 Å². The minimum absolute atomic E-state index is 0.00189. The standard InChI is InChI=1S/C20H23ClN4O2/c1-24(2)18-10-9-16(13-17(18)19(26)25-11-3-4-12-25)23-20(27)22-15-7-5-14(21)6-8-15/h5-10,13H,3-4,11-12H2,1-2H3,(H2,22,23,27). The van der Waals surface area contributed by atoms with E-state index in [-0.39, 0.29) is 11.9 Å². The Kier molecular flexibility index (Phi) is 5.86. The van der Waals surface area contributed by atoms with Gasteiger partial charge in [0.2, 0.25) is 0 Å². The Morgan fingerprint density at radius 3 is 2.19 bits per heavy atom. The first-order chi connectivity index (χ1) is 12.9. The fraction of sp³-hybridized carbons (Fsp3) is 0.300. The van der Waals surface area contributed by atoms with Crippen LogP contribution in [0.5, 0.6) is 0 Å². The van der Waals surface area contributed by atoms with Gasteiger partial charge in [-0.3, -0.25) is 4.79 Å². The summed E-state index contributed by atoms with van der Waals surface area (Å²) >= 11 is 5.85. The molecule has 1 fully saturated rings. The maximum atomic E-state index is 12.9. The first-order valence-corrected chi connectivity index (χ1v) is 9.26. The van der Waals surface area contributed by atoms with Gasteiger partial charge in [0.15, 0.2) is 0 Å². The van der Waals surface area contributed by atoms with Crippen molar-refractivity contribution in [2.24, 2.45) is 0 Å². The first kappa shape index (κ1) is 19.0. The van der Waals surface area contributed by atoms with Crippen LogP contribution in [0, 0.1) is 0 Å². The lowest BCUT2D eigenvalue weighted by Crippen LogP contribution is -2.29. The van der Waals surface area contributed by atoms with E-state index in [1.807, 2.05) is 30.0 Å². The number of urea groups is 1. The van der Waals surface area contributed by atoms with Crippen LogP contribution >= 0.6 is 11.6 Å². The minimum atomic E-state index is -0.380. The molecular weight excluding hydrogens is 364 g/mol. The molecular formula is C20H23ClN4O2. The number of likely N-dealkylation sites (tertiary alicyclic amines) is 1. The molecule has 1 aliphatic heterocycles. The molecule has 0 saturated carbocycles. The van der Waals surface area contributed by atoms with Gasteiger partial charge < -0.3 is 20.4 Å². The average Bonchev–Trinajstić information content (AvgIpc) is 3.17. The van der Waals surface area contributed by atoms with E-state index in [0.29, 0.717) is 22.0 Å². The molecule has 0 bridgehead atoms. The van der Waals surface area contributed by atoms with Crippen molar-refractivity contribution in [3.05, 3.63) is 53.1 Å². The van der Waals surface area contributed by atoms with Crippen LogP contribution in [0.2, 0.25) is 5.02 Å². The summed E-state index contributed by atoms with van der Waals surface area (Å²) in [5, 5.41) is 6.13. The van der Waals surface area contributed by atoms with Crippen molar-refractivity contribution in [2.45, 2.75) is 12.8 Å². The molecule has 1 saturated heterocycles. The lowest BCUT2D eigenvalue weighted by molar-refractivity contribution is 0.0793. The van der Waals surface area contributed by atoms with Crippen molar-refractivity contribution in [1.82, 2.24) is 4.90 Å². The third-order valence-corrected chi connectivity index (χ3v) is 4.71. The number of nitrogens with one attached hydrogen (secondary N) is 2. The Balaban J connectivity index is 1.77. The molecule has 142 valence electrons. The predicted molar refractivity (Wildman–Crippen MR) is 110 cm³/mol. The van der Waals surface area contributed by atoms with Crippen molar-refractivity contribution < 1.29 is 9.59 Å². The molecule has 2 N–H and O–H groups in total. The molecule has 3 rings (SSSR count). The second-order valence-corrected chi connectivity index (χ2v) is 7.15. The fourth-order valence-electron chi connectivity index (χ4n) is 3.09. The van der Waals surface area contributed by atoms with E-state index in [1.54, 1.807) is 36.4 Å². The van der Waals surface area contributed by atoms with Crippen LogP contribution in [-0.2, 0) is 0 Å². The molecule has 6 nitrogen and oxygen atoms in total. The molecule has 3 amide bonds. The zero-order chi connectivity index (χ0) is 19.4. The highest BCUT2D eigenvalue weighted by molar-refractivity contribution is 6.30. The zero-order valence-electron chi connectivity index (χ0n) is 15.5. The maximum absolute atomic E-state index is 12.9. The molecule has 0 atom stereocenters. The van der Waals surface area contributed by atoms with Crippen LogP contribution in [0.3, 0.4) is 0 Å². The predicted octanol–water partition coefficient (Wildman–Crippen LogP) is 4.29. The number of rotatable bonds is 4. The second-order valence-electron chi connectivity index (χ2n) is 6.71. The van der Waals surface area contributed by atoms with Gasteiger partial charge in [0.25, 0.3) is 5.91 Å². The summed E-state index contributed by atoms with van der Waals surface area (Å²) < 4.78 is 0. The van der Waals surface area contributed by atoms with Crippen LogP contribution in [0.1, 0.15) is 23.2 Å². The number of benzene rings is 2. The van der Waals surface area contributed by atoms with Crippen LogP contribution in [0.4, 0.5) is 21.9 Å². The lowest BCUT2D eigenvalue weighted by Gasteiger charge is -2.22. The summed E-state index contributed by atoms with van der Waals surface area (Å²) in [4.78, 5) is 28.9. The van der Waals surface area contributed by atoms with Crippen molar-refractivity contribution >= 4 is 40.6 Å². The Hall–Kier alpha value is -2.73. The molecule has 0 aromatic heterocycles. The molecule has 0 unspecified atom stereocenters. The molecule has 2 aromatic carbocycles. The summed E-state index contributed by atoms with van der Waals surface area (Å²) in [7, 11) is 3.80. The molecule has 0 radical (unpaired) electrons. The number of anilines is 3. The van der Waals surface area contributed by atoms with Gasteiger partial charge in [0.05, 0.1) is 5.56 Å². The van der Waals surface area contributed by atoms with Crippen LogP contribution in [-0.4, -0.2) is 44.0 Å². The van der Waals surface area contributed by atoms with Crippen LogP contribution in [0.15, 0.2) is 42.5 Å². The second kappa shape index (κ2) is 8.31. The van der Waals surface area contributed by atoms with Gasteiger partial charge in [0, 0.05) is 49.3 Å². The van der Waals surface area contributed by atoms with E-state index in [9.17, 15) is 9.59 Å². The largest absolute Gasteiger partial charge is 0.377 e. The molecule has 1 aliphatic rings. The Morgan fingerprint density at radius 2 is 1.56 bits per heavy atom. The molecule has 2 aromatic rings. The Labute approximate surface area is 164 Å². The van der Waals surface area contributed by atoms with Crippen molar-refractivity contribution in [1.29, 1.82) is 0 Å². The van der Waals surface area contributed by atoms with E-state index in [4.69, 9.17) is 11.6 Å². The number of nitrogens with zero attached hydrogens (tertiary/aromatic N) is 2. The smallest absolute Gasteiger partial charge is 0.323 e. The highest BCUT2D eigenvalue weighted by atomic mass is 35.5. The van der Waals surface area contributed by atoms with Crippen molar-refractivity contribution in [2.75, 3.05) is 42.7 Å². The van der Waals surface area contributed by atoms with Gasteiger partial charge in [-0.1, -0.05) is 11.6 Å². The molecule has 0 aliphatic carbocycles. The number of carbonyl (C=O) groups is 2. The quantitative estimate of drug-likeness (QED) is 0.824. The number of halogens is 1. The van der Waals surface area contributed by atoms with Gasteiger partial charge in [-0.2, -0.15) is 0 Å². The van der Waals surface area contributed by atoms with Gasteiger partial charge in [-0.05, 0) is 55.3 Å². The van der Waals surface area contributed by atoms with Crippen LogP contribution in [0.25, 0.3) is 0 Å². The van der Waals surface area contributed by atoms with Crippen molar-refractivity contribution in [3.8, 4) is 0 Å². The number of hydrogen-bond donors (Lipinski definition) is 2. The summed E-state index contributed by atoms with van der Waals surface area (Å²) in [6, 6.07) is 11.8. The summed E-state index contributed by atoms with van der Waals surface area (Å²) in [6.07, 6.45) is 2.06. The normalized spacial score (nSPS) is 13.4. The molecule has 1 heterocycles. The molecule has 7 heteroatoms. The van der Waals surface area contributed by atoms with E-state index < -0.39 is 0 Å². The summed E-state index contributed by atoms with van der Waals surface area (Å²) in [5.74, 6) is -0.00189. The lowest BCUT2D eigenvalue weighted by atomic mass is 10.1. The third kappa shape index (κ3) is 4.71. The number of carbonyl (C=O) groups excluding carboxylic acids is 2. The summed E-state index contributed by atoms with van der Waals surface area (Å²) in [5.41, 5.74) is 2.62. The van der Waals surface area contributed by atoms with Gasteiger partial charge >= 0.3 is 6.03 Å². The van der Waals surface area contributed by atoms with Gasteiger partial charge in [-0.25, -0.2) is 4.79 Å². The highest BCUT2D eigenvalue weighted by Gasteiger charge is 2.23. The zero-order valence-corrected chi connectivity index (χ0v) is 16.2. The highest BCUT2D eigenvalue weighted by Crippen LogP contribution is 2.26. The third-order valence-electron chi connectivity index (χ3n) is 4.46. The maximum Gasteiger partial charge on any atom is 0.323 e. The minimum Gasteiger partial charge on any atom is -0.377 e. The van der Waals surface area contributed by atoms with E-state index in [2.05, 4.69) is 10.6 Å². The Bertz CT molecular complexity index is 830. The van der Waals surface area contributed by atoms with Gasteiger partial charge in [0.1, 0.15) is 0 Å². The average molecular weight is 387 g/mol. The molecule has 0 spiro atoms. The van der Waals surface area contributed by atoms with E-state index >= 15 is 0 Å². The van der Waals surface area contributed by atoms with Crippen molar-refractivity contribution in [3.63, 3.8) is 0 Å². The summed E-state index contributed by atoms with van der Waals surface area (Å²) in [6.45, 7) is 1.56. The number of amides is 3. The molecule has 27 heavy (non-hydrogen) atoms. The fourth-order valence-corrected chi connectivity index (χ4v) is 3.22. The van der Waals surface area contributed by atoms with E-state index in [1.165, 1.54) is 0 Å². The van der Waals surface area contributed by atoms with Crippen LogP contribution < -0.4 is 15.5 Å².